The van der Waals surface area contributed by atoms with Gasteiger partial charge in [0.25, 0.3) is 0 Å². The summed E-state index contributed by atoms with van der Waals surface area (Å²) in [6, 6.07) is 3.95. The lowest BCUT2D eigenvalue weighted by Crippen LogP contribution is -2.28. The van der Waals surface area contributed by atoms with Crippen LogP contribution >= 0.6 is 0 Å². The summed E-state index contributed by atoms with van der Waals surface area (Å²) in [7, 11) is 0. The SMILES string of the molecule is Cc1ccc(CN)c(N2CCC(C(N)=O)C2)n1. The van der Waals surface area contributed by atoms with E-state index in [2.05, 4.69) is 9.88 Å². The number of rotatable bonds is 3. The fraction of sp³-hybridized carbons (Fsp3) is 0.500. The molecular weight excluding hydrogens is 216 g/mol. The Bertz CT molecular complexity index is 433. The van der Waals surface area contributed by atoms with E-state index in [0.717, 1.165) is 30.0 Å². The van der Waals surface area contributed by atoms with E-state index in [1.165, 1.54) is 0 Å². The van der Waals surface area contributed by atoms with E-state index >= 15 is 0 Å². The van der Waals surface area contributed by atoms with Crippen molar-refractivity contribution in [3.63, 3.8) is 0 Å². The largest absolute Gasteiger partial charge is 0.369 e. The van der Waals surface area contributed by atoms with Crippen LogP contribution < -0.4 is 16.4 Å². The van der Waals surface area contributed by atoms with E-state index in [1.807, 2.05) is 19.1 Å². The van der Waals surface area contributed by atoms with Crippen LogP contribution in [-0.4, -0.2) is 24.0 Å². The van der Waals surface area contributed by atoms with Crippen molar-refractivity contribution in [3.05, 3.63) is 23.4 Å². The van der Waals surface area contributed by atoms with Gasteiger partial charge in [0.2, 0.25) is 5.91 Å². The maximum absolute atomic E-state index is 11.2. The molecule has 1 aliphatic heterocycles. The van der Waals surface area contributed by atoms with Gasteiger partial charge >= 0.3 is 0 Å². The number of primary amides is 1. The van der Waals surface area contributed by atoms with Crippen molar-refractivity contribution in [2.75, 3.05) is 18.0 Å². The number of nitrogens with two attached hydrogens (primary N) is 2. The summed E-state index contributed by atoms with van der Waals surface area (Å²) in [5.74, 6) is 0.605. The van der Waals surface area contributed by atoms with Crippen LogP contribution in [0.5, 0.6) is 0 Å². The Morgan fingerprint density at radius 1 is 1.59 bits per heavy atom. The maximum Gasteiger partial charge on any atom is 0.222 e. The van der Waals surface area contributed by atoms with Crippen LogP contribution in [-0.2, 0) is 11.3 Å². The fourth-order valence-corrected chi connectivity index (χ4v) is 2.19. The molecule has 1 fully saturated rings. The van der Waals surface area contributed by atoms with E-state index in [1.54, 1.807) is 0 Å². The van der Waals surface area contributed by atoms with Crippen LogP contribution in [0.2, 0.25) is 0 Å². The molecule has 0 saturated carbocycles. The molecule has 2 rings (SSSR count). The maximum atomic E-state index is 11.2. The molecule has 0 radical (unpaired) electrons. The van der Waals surface area contributed by atoms with Gasteiger partial charge in [-0.2, -0.15) is 0 Å². The van der Waals surface area contributed by atoms with E-state index < -0.39 is 0 Å². The molecule has 1 saturated heterocycles. The van der Waals surface area contributed by atoms with E-state index in [9.17, 15) is 4.79 Å². The molecule has 5 heteroatoms. The molecule has 1 aliphatic rings. The van der Waals surface area contributed by atoms with Gasteiger partial charge < -0.3 is 16.4 Å². The van der Waals surface area contributed by atoms with E-state index in [-0.39, 0.29) is 11.8 Å². The van der Waals surface area contributed by atoms with Crippen molar-refractivity contribution < 1.29 is 4.79 Å². The van der Waals surface area contributed by atoms with Crippen molar-refractivity contribution in [2.24, 2.45) is 17.4 Å². The summed E-state index contributed by atoms with van der Waals surface area (Å²) >= 11 is 0. The number of carbonyl (C=O) groups is 1. The van der Waals surface area contributed by atoms with Gasteiger partial charge in [-0.15, -0.1) is 0 Å². The molecule has 0 aliphatic carbocycles. The Morgan fingerprint density at radius 2 is 2.35 bits per heavy atom. The average Bonchev–Trinajstić information content (AvgIpc) is 2.78. The van der Waals surface area contributed by atoms with Crippen molar-refractivity contribution in [2.45, 2.75) is 19.9 Å². The van der Waals surface area contributed by atoms with Crippen molar-refractivity contribution in [1.82, 2.24) is 4.98 Å². The van der Waals surface area contributed by atoms with Gasteiger partial charge in [0.15, 0.2) is 0 Å². The molecule has 1 amide bonds. The van der Waals surface area contributed by atoms with Crippen molar-refractivity contribution in [3.8, 4) is 0 Å². The second kappa shape index (κ2) is 4.71. The molecule has 4 N–H and O–H groups in total. The summed E-state index contributed by atoms with van der Waals surface area (Å²) in [5, 5.41) is 0. The first-order valence-corrected chi connectivity index (χ1v) is 5.82. The van der Waals surface area contributed by atoms with Crippen LogP contribution in [0.1, 0.15) is 17.7 Å². The number of carbonyl (C=O) groups excluding carboxylic acids is 1. The minimum absolute atomic E-state index is 0.0667. The Kier molecular flexibility index (Phi) is 3.28. The Hall–Kier alpha value is -1.62. The molecule has 5 nitrogen and oxygen atoms in total. The van der Waals surface area contributed by atoms with Gasteiger partial charge in [0, 0.05) is 30.9 Å². The predicted octanol–water partition coefficient (Wildman–Crippen LogP) is 0.160. The first-order chi connectivity index (χ1) is 8.11. The lowest BCUT2D eigenvalue weighted by molar-refractivity contribution is -0.121. The number of aromatic nitrogens is 1. The smallest absolute Gasteiger partial charge is 0.222 e. The summed E-state index contributed by atoms with van der Waals surface area (Å²) in [6.45, 7) is 3.88. The zero-order valence-electron chi connectivity index (χ0n) is 10.0. The second-order valence-corrected chi connectivity index (χ2v) is 4.47. The topological polar surface area (TPSA) is 85.2 Å². The highest BCUT2D eigenvalue weighted by Gasteiger charge is 2.28. The zero-order valence-corrected chi connectivity index (χ0v) is 10.0. The summed E-state index contributed by atoms with van der Waals surface area (Å²) in [5.41, 5.74) is 13.0. The molecule has 92 valence electrons. The molecule has 1 unspecified atom stereocenters. The van der Waals surface area contributed by atoms with Crippen molar-refractivity contribution in [1.29, 1.82) is 0 Å². The van der Waals surface area contributed by atoms with Crippen LogP contribution in [0.3, 0.4) is 0 Å². The first kappa shape index (κ1) is 11.9. The normalized spacial score (nSPS) is 19.6. The molecular formula is C12H18N4O. The summed E-state index contributed by atoms with van der Waals surface area (Å²) < 4.78 is 0. The Morgan fingerprint density at radius 3 is 2.94 bits per heavy atom. The zero-order chi connectivity index (χ0) is 12.4. The van der Waals surface area contributed by atoms with E-state index in [0.29, 0.717) is 13.1 Å². The molecule has 17 heavy (non-hydrogen) atoms. The van der Waals surface area contributed by atoms with Gasteiger partial charge in [0.1, 0.15) is 5.82 Å². The minimum atomic E-state index is -0.227. The third-order valence-corrected chi connectivity index (χ3v) is 3.21. The standard InChI is InChI=1S/C12H18N4O/c1-8-2-3-9(6-13)12(15-8)16-5-4-10(7-16)11(14)17/h2-3,10H,4-7,13H2,1H3,(H2,14,17). The average molecular weight is 234 g/mol. The molecule has 0 spiro atoms. The van der Waals surface area contributed by atoms with Crippen LogP contribution in [0.25, 0.3) is 0 Å². The van der Waals surface area contributed by atoms with Gasteiger partial charge in [0.05, 0.1) is 5.92 Å². The molecule has 2 heterocycles. The highest BCUT2D eigenvalue weighted by Crippen LogP contribution is 2.25. The monoisotopic (exact) mass is 234 g/mol. The third-order valence-electron chi connectivity index (χ3n) is 3.21. The van der Waals surface area contributed by atoms with Crippen LogP contribution in [0.15, 0.2) is 12.1 Å². The van der Waals surface area contributed by atoms with Crippen molar-refractivity contribution >= 4 is 11.7 Å². The first-order valence-electron chi connectivity index (χ1n) is 5.82. The van der Waals surface area contributed by atoms with Gasteiger partial charge in [-0.1, -0.05) is 6.07 Å². The number of anilines is 1. The molecule has 1 aromatic heterocycles. The Balaban J connectivity index is 2.23. The highest BCUT2D eigenvalue weighted by molar-refractivity contribution is 5.78. The second-order valence-electron chi connectivity index (χ2n) is 4.47. The number of hydrogen-bond donors (Lipinski definition) is 2. The number of aryl methyl sites for hydroxylation is 1. The number of pyridine rings is 1. The molecule has 0 aromatic carbocycles. The van der Waals surface area contributed by atoms with Gasteiger partial charge in [-0.25, -0.2) is 4.98 Å². The number of amides is 1. The number of hydrogen-bond acceptors (Lipinski definition) is 4. The summed E-state index contributed by atoms with van der Waals surface area (Å²) in [6.07, 6.45) is 0.801. The molecule has 0 bridgehead atoms. The lowest BCUT2D eigenvalue weighted by Gasteiger charge is -2.20. The van der Waals surface area contributed by atoms with Gasteiger partial charge in [-0.05, 0) is 19.4 Å². The summed E-state index contributed by atoms with van der Waals surface area (Å²) in [4.78, 5) is 17.8. The molecule has 1 aromatic rings. The van der Waals surface area contributed by atoms with Crippen LogP contribution in [0, 0.1) is 12.8 Å². The third kappa shape index (κ3) is 2.39. The fourth-order valence-electron chi connectivity index (χ4n) is 2.19. The van der Waals surface area contributed by atoms with E-state index in [4.69, 9.17) is 11.5 Å². The van der Waals surface area contributed by atoms with Gasteiger partial charge in [-0.3, -0.25) is 4.79 Å². The predicted molar refractivity (Wildman–Crippen MR) is 66.4 cm³/mol. The number of nitrogens with zero attached hydrogens (tertiary/aromatic N) is 2. The lowest BCUT2D eigenvalue weighted by atomic mass is 10.1. The minimum Gasteiger partial charge on any atom is -0.369 e. The Labute approximate surface area is 101 Å². The van der Waals surface area contributed by atoms with Crippen LogP contribution in [0.4, 0.5) is 5.82 Å². The highest BCUT2D eigenvalue weighted by atomic mass is 16.1. The molecule has 1 atom stereocenters. The quantitative estimate of drug-likeness (QED) is 0.780.